The molecule has 0 amide bonds. The summed E-state index contributed by atoms with van der Waals surface area (Å²) in [6, 6.07) is 0. The zero-order chi connectivity index (χ0) is 9.50. The van der Waals surface area contributed by atoms with Crippen LogP contribution in [0.4, 0.5) is 17.6 Å². The van der Waals surface area contributed by atoms with Gasteiger partial charge < -0.3 is 0 Å². The van der Waals surface area contributed by atoms with Crippen molar-refractivity contribution in [2.45, 2.75) is 22.6 Å². The molecule has 0 aromatic rings. The summed E-state index contributed by atoms with van der Waals surface area (Å²) in [5, 5.41) is 0. The normalized spacial score (nSPS) is 15.3. The fraction of sp³-hybridized carbons (Fsp3) is 1.00. The number of hydrogen-bond donors (Lipinski definition) is 0. The zero-order valence-electron chi connectivity index (χ0n) is 5.15. The number of halogens is 7. The summed E-state index contributed by atoms with van der Waals surface area (Å²) < 4.78 is 45.3. The molecule has 0 fully saturated rings. The van der Waals surface area contributed by atoms with E-state index in [1.54, 1.807) is 0 Å². The van der Waals surface area contributed by atoms with Crippen LogP contribution in [0.1, 0.15) is 6.92 Å². The second-order valence-electron chi connectivity index (χ2n) is 1.96. The fourth-order valence-electron chi connectivity index (χ4n) is 0.249. The average Bonchev–Trinajstić information content (AvgIpc) is 1.58. The highest BCUT2D eigenvalue weighted by atomic mass is 35.6. The van der Waals surface area contributed by atoms with E-state index >= 15 is 0 Å². The van der Waals surface area contributed by atoms with Gasteiger partial charge in [-0.1, -0.05) is 34.8 Å². The third kappa shape index (κ3) is 2.26. The van der Waals surface area contributed by atoms with Gasteiger partial charge in [-0.3, -0.25) is 0 Å². The summed E-state index contributed by atoms with van der Waals surface area (Å²) >= 11 is 13.8. The van der Waals surface area contributed by atoms with Crippen LogP contribution in [0.15, 0.2) is 0 Å². The standard InChI is InChI=1S/C4H3Cl3F4/c1-2(8,9)3(10,11)4(5,6)7/h1H3. The van der Waals surface area contributed by atoms with Crippen LogP contribution in [-0.4, -0.2) is 15.6 Å². The van der Waals surface area contributed by atoms with Crippen molar-refractivity contribution in [3.63, 3.8) is 0 Å². The number of hydrogen-bond acceptors (Lipinski definition) is 0. The monoisotopic (exact) mass is 232 g/mol. The quantitative estimate of drug-likeness (QED) is 0.479. The summed E-state index contributed by atoms with van der Waals surface area (Å²) in [6.45, 7) is -0.0190. The lowest BCUT2D eigenvalue weighted by molar-refractivity contribution is -0.194. The van der Waals surface area contributed by atoms with Crippen molar-refractivity contribution in [1.82, 2.24) is 0 Å². The maximum Gasteiger partial charge on any atom is 0.355 e. The molecule has 0 unspecified atom stereocenters. The van der Waals surface area contributed by atoms with E-state index in [2.05, 4.69) is 34.8 Å². The van der Waals surface area contributed by atoms with E-state index in [9.17, 15) is 17.6 Å². The molecular formula is C4H3Cl3F4. The predicted octanol–water partition coefficient (Wildman–Crippen LogP) is 3.65. The van der Waals surface area contributed by atoms with E-state index in [1.165, 1.54) is 0 Å². The molecule has 0 atom stereocenters. The Kier molecular flexibility index (Phi) is 2.97. The number of rotatable bonds is 1. The molecule has 0 aliphatic rings. The van der Waals surface area contributed by atoms with Crippen molar-refractivity contribution < 1.29 is 17.6 Å². The van der Waals surface area contributed by atoms with Crippen molar-refractivity contribution in [2.75, 3.05) is 0 Å². The Morgan fingerprint density at radius 2 is 1.18 bits per heavy atom. The van der Waals surface area contributed by atoms with Gasteiger partial charge in [0.2, 0.25) is 0 Å². The molecule has 11 heavy (non-hydrogen) atoms. The Morgan fingerprint density at radius 3 is 1.18 bits per heavy atom. The van der Waals surface area contributed by atoms with Crippen LogP contribution < -0.4 is 0 Å². The van der Waals surface area contributed by atoms with Crippen LogP contribution in [0.25, 0.3) is 0 Å². The molecule has 0 radical (unpaired) electrons. The van der Waals surface area contributed by atoms with Gasteiger partial charge in [-0.25, -0.2) is 8.78 Å². The molecule has 0 aliphatic carbocycles. The third-order valence-electron chi connectivity index (χ3n) is 0.907. The van der Waals surface area contributed by atoms with Gasteiger partial charge in [-0.2, -0.15) is 8.78 Å². The molecule has 7 heteroatoms. The summed E-state index contributed by atoms with van der Waals surface area (Å²) in [5.74, 6) is -9.01. The SMILES string of the molecule is CC(F)(F)C(F)(F)C(Cl)(Cl)Cl. The fourth-order valence-corrected chi connectivity index (χ4v) is 0.747. The molecule has 0 rings (SSSR count). The van der Waals surface area contributed by atoms with Crippen molar-refractivity contribution in [1.29, 1.82) is 0 Å². The summed E-state index contributed by atoms with van der Waals surface area (Å²) in [4.78, 5) is 0. The lowest BCUT2D eigenvalue weighted by Crippen LogP contribution is -2.48. The lowest BCUT2D eigenvalue weighted by Gasteiger charge is -2.28. The Morgan fingerprint density at radius 1 is 0.909 bits per heavy atom. The third-order valence-corrected chi connectivity index (χ3v) is 1.62. The van der Waals surface area contributed by atoms with Gasteiger partial charge in [-0.05, 0) is 0 Å². The molecule has 0 saturated carbocycles. The van der Waals surface area contributed by atoms with E-state index in [0.717, 1.165) is 0 Å². The molecule has 68 valence electrons. The van der Waals surface area contributed by atoms with Crippen LogP contribution in [0.5, 0.6) is 0 Å². The first-order chi connectivity index (χ1) is 4.50. The highest BCUT2D eigenvalue weighted by Gasteiger charge is 2.65. The second kappa shape index (κ2) is 2.82. The van der Waals surface area contributed by atoms with Crippen LogP contribution in [-0.2, 0) is 0 Å². The van der Waals surface area contributed by atoms with Crippen molar-refractivity contribution in [3.05, 3.63) is 0 Å². The van der Waals surface area contributed by atoms with Crippen LogP contribution in [0.2, 0.25) is 0 Å². The van der Waals surface area contributed by atoms with Gasteiger partial charge in [-0.15, -0.1) is 0 Å². The van der Waals surface area contributed by atoms with Crippen LogP contribution >= 0.6 is 34.8 Å². The highest BCUT2D eigenvalue weighted by molar-refractivity contribution is 6.68. The Balaban J connectivity index is 4.75. The lowest BCUT2D eigenvalue weighted by atomic mass is 10.2. The maximum atomic E-state index is 12.3. The van der Waals surface area contributed by atoms with Gasteiger partial charge in [0.05, 0.1) is 0 Å². The molecule has 0 aliphatic heterocycles. The Labute approximate surface area is 75.4 Å². The first-order valence-corrected chi connectivity index (χ1v) is 3.46. The molecule has 0 bridgehead atoms. The van der Waals surface area contributed by atoms with Gasteiger partial charge in [0.25, 0.3) is 3.79 Å². The van der Waals surface area contributed by atoms with Gasteiger partial charge >= 0.3 is 11.8 Å². The first-order valence-electron chi connectivity index (χ1n) is 2.32. The highest BCUT2D eigenvalue weighted by Crippen LogP contribution is 2.50. The zero-order valence-corrected chi connectivity index (χ0v) is 7.41. The first kappa shape index (κ1) is 11.6. The Bertz CT molecular complexity index is 128. The van der Waals surface area contributed by atoms with Crippen molar-refractivity contribution in [2.24, 2.45) is 0 Å². The molecule has 0 spiro atoms. The largest absolute Gasteiger partial charge is 0.355 e. The predicted molar refractivity (Wildman–Crippen MR) is 35.9 cm³/mol. The minimum Gasteiger partial charge on any atom is -0.200 e. The van der Waals surface area contributed by atoms with E-state index in [0.29, 0.717) is 0 Å². The van der Waals surface area contributed by atoms with E-state index in [1.807, 2.05) is 0 Å². The molecule has 0 nitrogen and oxygen atoms in total. The molecular weight excluding hydrogens is 230 g/mol. The van der Waals surface area contributed by atoms with Crippen LogP contribution in [0, 0.1) is 0 Å². The minimum absolute atomic E-state index is 0.0190. The van der Waals surface area contributed by atoms with Gasteiger partial charge in [0, 0.05) is 6.92 Å². The topological polar surface area (TPSA) is 0 Å². The van der Waals surface area contributed by atoms with Crippen molar-refractivity contribution in [3.8, 4) is 0 Å². The summed E-state index contributed by atoms with van der Waals surface area (Å²) in [5.41, 5.74) is 0. The molecule has 0 saturated heterocycles. The summed E-state index contributed by atoms with van der Waals surface area (Å²) in [7, 11) is 0. The molecule has 0 heterocycles. The molecule has 0 N–H and O–H groups in total. The molecule has 0 aromatic heterocycles. The van der Waals surface area contributed by atoms with Gasteiger partial charge in [0.15, 0.2) is 0 Å². The number of alkyl halides is 7. The summed E-state index contributed by atoms with van der Waals surface area (Å²) in [6.07, 6.45) is 0. The Hall–Kier alpha value is 0.590. The molecule has 0 aromatic carbocycles. The van der Waals surface area contributed by atoms with Crippen LogP contribution in [0.3, 0.4) is 0 Å². The van der Waals surface area contributed by atoms with Gasteiger partial charge in [0.1, 0.15) is 0 Å². The van der Waals surface area contributed by atoms with E-state index in [4.69, 9.17) is 0 Å². The minimum atomic E-state index is -4.66. The van der Waals surface area contributed by atoms with E-state index < -0.39 is 15.6 Å². The smallest absolute Gasteiger partial charge is 0.200 e. The average molecular weight is 233 g/mol. The van der Waals surface area contributed by atoms with Crippen molar-refractivity contribution >= 4 is 34.8 Å². The van der Waals surface area contributed by atoms with E-state index in [-0.39, 0.29) is 6.92 Å². The second-order valence-corrected chi connectivity index (χ2v) is 4.24. The maximum absolute atomic E-state index is 12.3.